The number of hydrogen-bond donors (Lipinski definition) is 3. The molecule has 7 nitrogen and oxygen atoms in total. The number of morpholine rings is 1. The Kier molecular flexibility index (Phi) is 8.68. The van der Waals surface area contributed by atoms with Crippen LogP contribution in [0.4, 0.5) is 4.79 Å². The smallest absolute Gasteiger partial charge is 0.315 e. The van der Waals surface area contributed by atoms with Crippen molar-refractivity contribution in [3.05, 3.63) is 71.3 Å². The number of rotatable bonds is 9. The van der Waals surface area contributed by atoms with E-state index in [1.807, 2.05) is 48.5 Å². The Bertz CT molecular complexity index is 807. The van der Waals surface area contributed by atoms with Crippen molar-refractivity contribution < 1.29 is 14.3 Å². The number of hydrogen-bond acceptors (Lipinski definition) is 4. The van der Waals surface area contributed by atoms with Crippen LogP contribution >= 0.6 is 0 Å². The van der Waals surface area contributed by atoms with E-state index in [4.69, 9.17) is 4.74 Å². The third kappa shape index (κ3) is 7.50. The van der Waals surface area contributed by atoms with Crippen LogP contribution in [-0.4, -0.2) is 49.7 Å². The van der Waals surface area contributed by atoms with Crippen LogP contribution in [0.2, 0.25) is 0 Å². The molecule has 30 heavy (non-hydrogen) atoms. The minimum atomic E-state index is -0.271. The first-order valence-corrected chi connectivity index (χ1v) is 10.4. The Morgan fingerprint density at radius 2 is 1.53 bits per heavy atom. The third-order valence-electron chi connectivity index (χ3n) is 5.03. The molecule has 1 aliphatic heterocycles. The summed E-state index contributed by atoms with van der Waals surface area (Å²) in [4.78, 5) is 26.4. The Labute approximate surface area is 177 Å². The van der Waals surface area contributed by atoms with Crippen molar-refractivity contribution in [2.24, 2.45) is 0 Å². The summed E-state index contributed by atoms with van der Waals surface area (Å²) < 4.78 is 5.40. The SMILES string of the molecule is O=C(CCNC(=O)NCc1ccccc1CN1CCOCC1)NCc1ccccc1. The first-order valence-electron chi connectivity index (χ1n) is 10.4. The van der Waals surface area contributed by atoms with E-state index >= 15 is 0 Å². The highest BCUT2D eigenvalue weighted by atomic mass is 16.5. The first kappa shape index (κ1) is 21.8. The van der Waals surface area contributed by atoms with E-state index in [0.717, 1.165) is 44.0 Å². The van der Waals surface area contributed by atoms with Crippen molar-refractivity contribution in [3.63, 3.8) is 0 Å². The fourth-order valence-corrected chi connectivity index (χ4v) is 3.30. The zero-order valence-electron chi connectivity index (χ0n) is 17.2. The van der Waals surface area contributed by atoms with Gasteiger partial charge >= 0.3 is 6.03 Å². The molecule has 0 bridgehead atoms. The molecule has 0 unspecified atom stereocenters. The second-order valence-electron chi connectivity index (χ2n) is 7.28. The molecule has 160 valence electrons. The highest BCUT2D eigenvalue weighted by Gasteiger charge is 2.13. The van der Waals surface area contributed by atoms with Gasteiger partial charge in [0.1, 0.15) is 0 Å². The van der Waals surface area contributed by atoms with Gasteiger partial charge in [0.05, 0.1) is 13.2 Å². The Morgan fingerprint density at radius 1 is 0.833 bits per heavy atom. The summed E-state index contributed by atoms with van der Waals surface area (Å²) in [6.07, 6.45) is 0.244. The predicted molar refractivity (Wildman–Crippen MR) is 116 cm³/mol. The summed E-state index contributed by atoms with van der Waals surface area (Å²) >= 11 is 0. The summed E-state index contributed by atoms with van der Waals surface area (Å²) in [6.45, 7) is 5.47. The van der Waals surface area contributed by atoms with Gasteiger partial charge in [-0.1, -0.05) is 54.6 Å². The fraction of sp³-hybridized carbons (Fsp3) is 0.391. The quantitative estimate of drug-likeness (QED) is 0.591. The molecule has 7 heteroatoms. The highest BCUT2D eigenvalue weighted by Crippen LogP contribution is 2.13. The van der Waals surface area contributed by atoms with Gasteiger partial charge in [-0.2, -0.15) is 0 Å². The lowest BCUT2D eigenvalue weighted by Gasteiger charge is -2.27. The monoisotopic (exact) mass is 410 g/mol. The van der Waals surface area contributed by atoms with E-state index in [0.29, 0.717) is 19.6 Å². The van der Waals surface area contributed by atoms with Crippen molar-refractivity contribution in [2.45, 2.75) is 26.1 Å². The molecule has 2 aromatic carbocycles. The van der Waals surface area contributed by atoms with Crippen molar-refractivity contribution in [2.75, 3.05) is 32.8 Å². The summed E-state index contributed by atoms with van der Waals surface area (Å²) in [5.41, 5.74) is 3.35. The van der Waals surface area contributed by atoms with E-state index in [1.165, 1.54) is 5.56 Å². The van der Waals surface area contributed by atoms with Crippen molar-refractivity contribution in [3.8, 4) is 0 Å². The van der Waals surface area contributed by atoms with Crippen LogP contribution in [0.25, 0.3) is 0 Å². The zero-order chi connectivity index (χ0) is 21.0. The van der Waals surface area contributed by atoms with Crippen molar-refractivity contribution in [1.82, 2.24) is 20.9 Å². The molecule has 2 aromatic rings. The van der Waals surface area contributed by atoms with Gasteiger partial charge in [0.2, 0.25) is 5.91 Å². The summed E-state index contributed by atoms with van der Waals surface area (Å²) in [5, 5.41) is 8.48. The highest BCUT2D eigenvalue weighted by molar-refractivity contribution is 5.78. The predicted octanol–water partition coefficient (Wildman–Crippen LogP) is 2.02. The van der Waals surface area contributed by atoms with Gasteiger partial charge in [0.25, 0.3) is 0 Å². The van der Waals surface area contributed by atoms with E-state index in [1.54, 1.807) is 0 Å². The molecule has 0 saturated carbocycles. The second kappa shape index (κ2) is 11.9. The number of urea groups is 1. The average Bonchev–Trinajstić information content (AvgIpc) is 2.78. The van der Waals surface area contributed by atoms with Gasteiger partial charge in [0.15, 0.2) is 0 Å². The van der Waals surface area contributed by atoms with Crippen LogP contribution in [-0.2, 0) is 29.2 Å². The van der Waals surface area contributed by atoms with E-state index in [-0.39, 0.29) is 18.4 Å². The maximum absolute atomic E-state index is 12.1. The summed E-state index contributed by atoms with van der Waals surface area (Å²) in [5.74, 6) is -0.0880. The molecule has 1 fully saturated rings. The Hall–Kier alpha value is -2.90. The Balaban J connectivity index is 1.35. The molecule has 0 aliphatic carbocycles. The van der Waals surface area contributed by atoms with E-state index in [9.17, 15) is 9.59 Å². The summed E-state index contributed by atoms with van der Waals surface area (Å²) in [7, 11) is 0. The number of benzene rings is 2. The second-order valence-corrected chi connectivity index (χ2v) is 7.28. The van der Waals surface area contributed by atoms with Gasteiger partial charge in [-0.25, -0.2) is 4.79 Å². The van der Waals surface area contributed by atoms with Crippen LogP contribution in [0.3, 0.4) is 0 Å². The fourth-order valence-electron chi connectivity index (χ4n) is 3.30. The molecular formula is C23H30N4O3. The van der Waals surface area contributed by atoms with E-state index < -0.39 is 0 Å². The number of carbonyl (C=O) groups excluding carboxylic acids is 2. The lowest BCUT2D eigenvalue weighted by atomic mass is 10.1. The number of nitrogens with zero attached hydrogens (tertiary/aromatic N) is 1. The molecule has 0 aromatic heterocycles. The van der Waals surface area contributed by atoms with Gasteiger partial charge < -0.3 is 20.7 Å². The van der Waals surface area contributed by atoms with Crippen molar-refractivity contribution in [1.29, 1.82) is 0 Å². The zero-order valence-corrected chi connectivity index (χ0v) is 17.2. The maximum atomic E-state index is 12.1. The van der Waals surface area contributed by atoms with Crippen LogP contribution in [0.15, 0.2) is 54.6 Å². The summed E-state index contributed by atoms with van der Waals surface area (Å²) in [6, 6.07) is 17.6. The van der Waals surface area contributed by atoms with Crippen LogP contribution in [0.5, 0.6) is 0 Å². The van der Waals surface area contributed by atoms with Gasteiger partial charge in [0, 0.05) is 45.7 Å². The molecule has 1 saturated heterocycles. The minimum absolute atomic E-state index is 0.0880. The number of ether oxygens (including phenoxy) is 1. The molecule has 3 amide bonds. The van der Waals surface area contributed by atoms with Crippen LogP contribution in [0.1, 0.15) is 23.1 Å². The lowest BCUT2D eigenvalue weighted by Crippen LogP contribution is -2.38. The molecule has 1 aliphatic rings. The number of carbonyl (C=O) groups is 2. The normalized spacial score (nSPS) is 14.1. The molecule has 0 spiro atoms. The molecule has 3 rings (SSSR count). The molecule has 1 heterocycles. The maximum Gasteiger partial charge on any atom is 0.315 e. The minimum Gasteiger partial charge on any atom is -0.379 e. The van der Waals surface area contributed by atoms with Crippen molar-refractivity contribution >= 4 is 11.9 Å². The van der Waals surface area contributed by atoms with Gasteiger partial charge in [-0.3, -0.25) is 9.69 Å². The van der Waals surface area contributed by atoms with Gasteiger partial charge in [-0.05, 0) is 16.7 Å². The third-order valence-corrected chi connectivity index (χ3v) is 5.03. The van der Waals surface area contributed by atoms with Gasteiger partial charge in [-0.15, -0.1) is 0 Å². The lowest BCUT2D eigenvalue weighted by molar-refractivity contribution is -0.121. The topological polar surface area (TPSA) is 82.7 Å². The molecule has 0 radical (unpaired) electrons. The first-order chi connectivity index (χ1) is 14.7. The number of nitrogens with one attached hydrogen (secondary N) is 3. The average molecular weight is 411 g/mol. The van der Waals surface area contributed by atoms with Crippen LogP contribution < -0.4 is 16.0 Å². The molecule has 0 atom stereocenters. The Morgan fingerprint density at radius 3 is 2.30 bits per heavy atom. The molecule has 3 N–H and O–H groups in total. The van der Waals surface area contributed by atoms with Crippen LogP contribution in [0, 0.1) is 0 Å². The number of amides is 3. The largest absolute Gasteiger partial charge is 0.379 e. The molecular weight excluding hydrogens is 380 g/mol. The van der Waals surface area contributed by atoms with E-state index in [2.05, 4.69) is 26.9 Å². The standard InChI is InChI=1S/C23H30N4O3/c28-22(25-16-19-6-2-1-3-7-19)10-11-24-23(29)26-17-20-8-4-5-9-21(20)18-27-12-14-30-15-13-27/h1-9H,10-18H2,(H,25,28)(H2,24,26,29).